The minimum Gasteiger partial charge on any atom is -0.264 e. The molecule has 16 heavy (non-hydrogen) atoms. The molecule has 3 nitrogen and oxygen atoms in total. The molecule has 2 aliphatic rings. The quantitative estimate of drug-likeness (QED) is 0.564. The maximum atomic E-state index is 11.2. The zero-order valence-electron chi connectivity index (χ0n) is 9.08. The van der Waals surface area contributed by atoms with Gasteiger partial charge in [0.1, 0.15) is 0 Å². The Morgan fingerprint density at radius 1 is 1.12 bits per heavy atom. The summed E-state index contributed by atoms with van der Waals surface area (Å²) in [6.07, 6.45) is 3.29. The lowest BCUT2D eigenvalue weighted by atomic mass is 9.80. The second kappa shape index (κ2) is 3.58. The number of nitro groups is 1. The van der Waals surface area contributed by atoms with Crippen LogP contribution in [0.4, 0.5) is 0 Å². The minimum atomic E-state index is -0.332. The van der Waals surface area contributed by atoms with E-state index in [0.717, 1.165) is 18.4 Å². The summed E-state index contributed by atoms with van der Waals surface area (Å²) in [5, 5.41) is 11.2. The van der Waals surface area contributed by atoms with Gasteiger partial charge in [-0.1, -0.05) is 30.3 Å². The maximum Gasteiger partial charge on any atom is 0.222 e. The Morgan fingerprint density at radius 3 is 2.50 bits per heavy atom. The topological polar surface area (TPSA) is 43.1 Å². The van der Waals surface area contributed by atoms with Gasteiger partial charge in [0.05, 0.1) is 5.92 Å². The van der Waals surface area contributed by atoms with Gasteiger partial charge in [-0.15, -0.1) is 0 Å². The van der Waals surface area contributed by atoms with Crippen molar-refractivity contribution >= 4 is 0 Å². The molecular formula is C13H15NO2. The number of benzene rings is 1. The fourth-order valence-electron chi connectivity index (χ4n) is 3.71. The molecular weight excluding hydrogens is 202 g/mol. The molecule has 0 unspecified atom stereocenters. The van der Waals surface area contributed by atoms with E-state index in [4.69, 9.17) is 0 Å². The zero-order chi connectivity index (χ0) is 11.1. The van der Waals surface area contributed by atoms with Gasteiger partial charge >= 0.3 is 0 Å². The second-order valence-electron chi connectivity index (χ2n) is 5.05. The molecule has 0 N–H and O–H groups in total. The lowest BCUT2D eigenvalue weighted by Crippen LogP contribution is -2.33. The largest absolute Gasteiger partial charge is 0.264 e. The molecule has 3 heteroatoms. The lowest BCUT2D eigenvalue weighted by molar-refractivity contribution is -0.534. The minimum absolute atomic E-state index is 0.0402. The molecule has 1 aromatic rings. The Bertz CT molecular complexity index is 404. The molecule has 0 spiro atoms. The van der Waals surface area contributed by atoms with Gasteiger partial charge in [0.15, 0.2) is 0 Å². The van der Waals surface area contributed by atoms with Crippen LogP contribution in [0, 0.1) is 22.0 Å². The summed E-state index contributed by atoms with van der Waals surface area (Å²) in [6.45, 7) is 0. The van der Waals surface area contributed by atoms with Crippen LogP contribution >= 0.6 is 0 Å². The lowest BCUT2D eigenvalue weighted by Gasteiger charge is -2.25. The summed E-state index contributed by atoms with van der Waals surface area (Å²) in [4.78, 5) is 11.1. The molecule has 2 bridgehead atoms. The molecule has 2 fully saturated rings. The van der Waals surface area contributed by atoms with Crippen molar-refractivity contribution in [3.63, 3.8) is 0 Å². The van der Waals surface area contributed by atoms with Crippen LogP contribution in [0.2, 0.25) is 0 Å². The first-order valence-electron chi connectivity index (χ1n) is 5.96. The van der Waals surface area contributed by atoms with Gasteiger partial charge in [0.25, 0.3) is 0 Å². The zero-order valence-corrected chi connectivity index (χ0v) is 9.08. The molecule has 0 amide bonds. The normalized spacial score (nSPS) is 36.5. The van der Waals surface area contributed by atoms with Gasteiger partial charge < -0.3 is 0 Å². The molecule has 2 saturated carbocycles. The van der Waals surface area contributed by atoms with Crippen LogP contribution in [0.3, 0.4) is 0 Å². The van der Waals surface area contributed by atoms with Gasteiger partial charge in [-0.3, -0.25) is 10.1 Å². The van der Waals surface area contributed by atoms with Crippen LogP contribution in [0.5, 0.6) is 0 Å². The van der Waals surface area contributed by atoms with Crippen LogP contribution in [-0.4, -0.2) is 11.0 Å². The highest BCUT2D eigenvalue weighted by Gasteiger charge is 2.54. The van der Waals surface area contributed by atoms with Crippen molar-refractivity contribution in [1.29, 1.82) is 0 Å². The van der Waals surface area contributed by atoms with Crippen LogP contribution < -0.4 is 0 Å². The smallest absolute Gasteiger partial charge is 0.222 e. The highest BCUT2D eigenvalue weighted by Crippen LogP contribution is 2.53. The molecule has 0 aliphatic heterocycles. The summed E-state index contributed by atoms with van der Waals surface area (Å²) in [5.74, 6) is 1.03. The first-order chi connectivity index (χ1) is 7.77. The Morgan fingerprint density at radius 2 is 1.81 bits per heavy atom. The van der Waals surface area contributed by atoms with E-state index in [2.05, 4.69) is 0 Å². The van der Waals surface area contributed by atoms with E-state index in [-0.39, 0.29) is 16.9 Å². The molecule has 0 saturated heterocycles. The SMILES string of the molecule is O=[N+]([O-])[C@H]1[C@H]2CC[C@H](C2)[C@H]1c1ccccc1. The van der Waals surface area contributed by atoms with Gasteiger partial charge in [0, 0.05) is 10.8 Å². The van der Waals surface area contributed by atoms with Crippen molar-refractivity contribution in [2.45, 2.75) is 31.2 Å². The summed E-state index contributed by atoms with van der Waals surface area (Å²) in [7, 11) is 0. The van der Waals surface area contributed by atoms with Crippen molar-refractivity contribution < 1.29 is 4.92 Å². The average Bonchev–Trinajstić information content (AvgIpc) is 2.89. The molecule has 0 radical (unpaired) electrons. The van der Waals surface area contributed by atoms with Crippen LogP contribution in [0.25, 0.3) is 0 Å². The van der Waals surface area contributed by atoms with E-state index >= 15 is 0 Å². The standard InChI is InChI=1S/C13H15NO2/c15-14(16)13-11-7-6-10(8-11)12(13)9-4-2-1-3-5-9/h1-5,10-13H,6-8H2/t10-,11+,12-,13+/m1/s1. The highest BCUT2D eigenvalue weighted by molar-refractivity contribution is 5.25. The van der Waals surface area contributed by atoms with Gasteiger partial charge in [-0.05, 0) is 30.7 Å². The van der Waals surface area contributed by atoms with E-state index in [1.165, 1.54) is 6.42 Å². The molecule has 0 heterocycles. The molecule has 3 rings (SSSR count). The Kier molecular flexibility index (Phi) is 2.20. The molecule has 1 aromatic carbocycles. The van der Waals surface area contributed by atoms with Crippen LogP contribution in [0.15, 0.2) is 30.3 Å². The second-order valence-corrected chi connectivity index (χ2v) is 5.05. The van der Waals surface area contributed by atoms with Gasteiger partial charge in [-0.25, -0.2) is 0 Å². The average molecular weight is 217 g/mol. The number of fused-ring (bicyclic) bond motifs is 2. The van der Waals surface area contributed by atoms with E-state index in [9.17, 15) is 10.1 Å². The molecule has 0 aromatic heterocycles. The Balaban J connectivity index is 1.97. The van der Waals surface area contributed by atoms with Gasteiger partial charge in [0.2, 0.25) is 6.04 Å². The van der Waals surface area contributed by atoms with Crippen molar-refractivity contribution in [2.75, 3.05) is 0 Å². The fourth-order valence-corrected chi connectivity index (χ4v) is 3.71. The predicted molar refractivity (Wildman–Crippen MR) is 60.8 cm³/mol. The predicted octanol–water partition coefficient (Wildman–Crippen LogP) is 2.85. The van der Waals surface area contributed by atoms with Crippen molar-refractivity contribution in [2.24, 2.45) is 11.8 Å². The fraction of sp³-hybridized carbons (Fsp3) is 0.538. The highest BCUT2D eigenvalue weighted by atomic mass is 16.6. The number of rotatable bonds is 2. The van der Waals surface area contributed by atoms with E-state index < -0.39 is 0 Å². The molecule has 2 aliphatic carbocycles. The third kappa shape index (κ3) is 1.34. The van der Waals surface area contributed by atoms with E-state index in [0.29, 0.717) is 11.8 Å². The van der Waals surface area contributed by atoms with Crippen LogP contribution in [0.1, 0.15) is 30.7 Å². The van der Waals surface area contributed by atoms with E-state index in [1.54, 1.807) is 0 Å². The summed E-state index contributed by atoms with van der Waals surface area (Å²) in [5.41, 5.74) is 1.16. The maximum absolute atomic E-state index is 11.2. The Hall–Kier alpha value is -1.38. The van der Waals surface area contributed by atoms with E-state index in [1.807, 2.05) is 30.3 Å². The summed E-state index contributed by atoms with van der Waals surface area (Å²) < 4.78 is 0. The molecule has 84 valence electrons. The monoisotopic (exact) mass is 217 g/mol. The third-order valence-corrected chi connectivity index (χ3v) is 4.30. The molecule has 4 atom stereocenters. The number of hydrogen-bond donors (Lipinski definition) is 0. The first-order valence-corrected chi connectivity index (χ1v) is 5.96. The first kappa shape index (κ1) is 9.82. The number of hydrogen-bond acceptors (Lipinski definition) is 2. The summed E-state index contributed by atoms with van der Waals surface area (Å²) >= 11 is 0. The van der Waals surface area contributed by atoms with Crippen LogP contribution in [-0.2, 0) is 0 Å². The summed E-state index contributed by atoms with van der Waals surface area (Å²) in [6, 6.07) is 9.69. The van der Waals surface area contributed by atoms with Crippen molar-refractivity contribution in [3.05, 3.63) is 46.0 Å². The third-order valence-electron chi connectivity index (χ3n) is 4.30. The van der Waals surface area contributed by atoms with Gasteiger partial charge in [-0.2, -0.15) is 0 Å². The van der Waals surface area contributed by atoms with Crippen molar-refractivity contribution in [1.82, 2.24) is 0 Å². The Labute approximate surface area is 94.6 Å². The van der Waals surface area contributed by atoms with Crippen molar-refractivity contribution in [3.8, 4) is 0 Å². The number of nitrogens with zero attached hydrogens (tertiary/aromatic N) is 1.